The van der Waals surface area contributed by atoms with Crippen LogP contribution in [0, 0.1) is 17.0 Å². The molecule has 0 fully saturated rings. The number of anilines is 1. The maximum absolute atomic E-state index is 11.4. The largest absolute Gasteiger partial charge is 0.450 e. The summed E-state index contributed by atoms with van der Waals surface area (Å²) in [6.45, 7) is 3.81. The number of benzene rings is 1. The number of carbonyl (C=O) groups excluding carboxylic acids is 1. The number of hydrogen-bond acceptors (Lipinski definition) is 8. The van der Waals surface area contributed by atoms with E-state index in [9.17, 15) is 14.9 Å². The van der Waals surface area contributed by atoms with Crippen molar-refractivity contribution in [1.29, 1.82) is 0 Å². The van der Waals surface area contributed by atoms with Gasteiger partial charge in [-0.1, -0.05) is 6.07 Å². The van der Waals surface area contributed by atoms with Gasteiger partial charge in [0.1, 0.15) is 5.69 Å². The minimum Gasteiger partial charge on any atom is -0.450 e. The number of nitro benzene ring substituents is 1. The molecule has 0 unspecified atom stereocenters. The number of nitrogens with two attached hydrogens (primary N) is 1. The van der Waals surface area contributed by atoms with E-state index >= 15 is 0 Å². The Morgan fingerprint density at radius 3 is 2.81 bits per heavy atom. The third-order valence-corrected chi connectivity index (χ3v) is 3.66. The Morgan fingerprint density at radius 1 is 1.42 bits per heavy atom. The summed E-state index contributed by atoms with van der Waals surface area (Å²) in [6.07, 6.45) is 1.34. The molecule has 2 aromatic rings. The lowest BCUT2D eigenvalue weighted by molar-refractivity contribution is -0.383. The summed E-state index contributed by atoms with van der Waals surface area (Å²) in [5.74, 6) is 0.593. The SMILES string of the molecule is Cc1nnc(-c2cccc([N+](=O)[O-])c2N[C@H](C)CCCCOC(N)=O)o1. The predicted octanol–water partition coefficient (Wildman–Crippen LogP) is 3.02. The molecule has 0 bridgehead atoms. The van der Waals surface area contributed by atoms with Crippen molar-refractivity contribution in [2.24, 2.45) is 5.73 Å². The quantitative estimate of drug-likeness (QED) is 0.392. The van der Waals surface area contributed by atoms with E-state index in [2.05, 4.69) is 20.3 Å². The van der Waals surface area contributed by atoms with Gasteiger partial charge in [-0.3, -0.25) is 10.1 Å². The third-order valence-electron chi connectivity index (χ3n) is 3.66. The summed E-state index contributed by atoms with van der Waals surface area (Å²) in [7, 11) is 0. The van der Waals surface area contributed by atoms with Crippen molar-refractivity contribution in [1.82, 2.24) is 10.2 Å². The van der Waals surface area contributed by atoms with Crippen LogP contribution in [0.2, 0.25) is 0 Å². The number of aryl methyl sites for hydroxylation is 1. The number of unbranched alkanes of at least 4 members (excludes halogenated alkanes) is 1. The Kier molecular flexibility index (Phi) is 6.48. The summed E-state index contributed by atoms with van der Waals surface area (Å²) < 4.78 is 10.1. The maximum atomic E-state index is 11.4. The van der Waals surface area contributed by atoms with Crippen molar-refractivity contribution < 1.29 is 18.9 Å². The Balaban J connectivity index is 2.11. The summed E-state index contributed by atoms with van der Waals surface area (Å²) in [5.41, 5.74) is 5.64. The van der Waals surface area contributed by atoms with Crippen LogP contribution in [0.25, 0.3) is 11.5 Å². The molecule has 1 amide bonds. The highest BCUT2D eigenvalue weighted by atomic mass is 16.6. The van der Waals surface area contributed by atoms with Gasteiger partial charge < -0.3 is 20.2 Å². The van der Waals surface area contributed by atoms with Crippen LogP contribution in [0.4, 0.5) is 16.2 Å². The highest BCUT2D eigenvalue weighted by molar-refractivity contribution is 5.80. The fourth-order valence-electron chi connectivity index (χ4n) is 2.47. The molecule has 1 heterocycles. The lowest BCUT2D eigenvalue weighted by atomic mass is 10.1. The molecule has 0 saturated heterocycles. The number of primary amides is 1. The van der Waals surface area contributed by atoms with Crippen LogP contribution >= 0.6 is 0 Å². The average molecular weight is 363 g/mol. The van der Waals surface area contributed by atoms with Gasteiger partial charge >= 0.3 is 6.09 Å². The van der Waals surface area contributed by atoms with Gasteiger partial charge in [0.25, 0.3) is 5.69 Å². The topological polar surface area (TPSA) is 146 Å². The molecule has 3 N–H and O–H groups in total. The summed E-state index contributed by atoms with van der Waals surface area (Å²) >= 11 is 0. The Labute approximate surface area is 149 Å². The predicted molar refractivity (Wildman–Crippen MR) is 93.6 cm³/mol. The third kappa shape index (κ3) is 5.16. The Morgan fingerprint density at radius 2 is 2.19 bits per heavy atom. The second-order valence-electron chi connectivity index (χ2n) is 5.79. The van der Waals surface area contributed by atoms with Crippen molar-refractivity contribution >= 4 is 17.5 Å². The minimum absolute atomic E-state index is 0.0625. The zero-order valence-electron chi connectivity index (χ0n) is 14.6. The van der Waals surface area contributed by atoms with Gasteiger partial charge in [-0.2, -0.15) is 0 Å². The maximum Gasteiger partial charge on any atom is 0.404 e. The molecule has 10 nitrogen and oxygen atoms in total. The number of rotatable bonds is 9. The number of para-hydroxylation sites is 1. The molecule has 1 atom stereocenters. The molecular formula is C16H21N5O5. The molecule has 0 aliphatic heterocycles. The number of nitro groups is 1. The lowest BCUT2D eigenvalue weighted by Crippen LogP contribution is -2.17. The molecule has 0 radical (unpaired) electrons. The van der Waals surface area contributed by atoms with Crippen LogP contribution in [0.1, 0.15) is 32.1 Å². The molecule has 0 aliphatic carbocycles. The van der Waals surface area contributed by atoms with Crippen LogP contribution < -0.4 is 11.1 Å². The van der Waals surface area contributed by atoms with Crippen molar-refractivity contribution in [3.05, 3.63) is 34.2 Å². The molecule has 10 heteroatoms. The van der Waals surface area contributed by atoms with Crippen LogP contribution in [-0.2, 0) is 4.74 Å². The molecule has 0 saturated carbocycles. The number of nitrogens with zero attached hydrogens (tertiary/aromatic N) is 3. The van der Waals surface area contributed by atoms with Crippen LogP contribution in [0.5, 0.6) is 0 Å². The second-order valence-corrected chi connectivity index (χ2v) is 5.79. The van der Waals surface area contributed by atoms with E-state index in [0.29, 0.717) is 23.6 Å². The Hall–Kier alpha value is -3.17. The number of hydrogen-bond donors (Lipinski definition) is 2. The standard InChI is InChI=1S/C16H21N5O5/c1-10(6-3-4-9-25-16(17)22)18-14-12(15-20-19-11(2)26-15)7-5-8-13(14)21(23)24/h5,7-8,10,18H,3-4,6,9H2,1-2H3,(H2,17,22)/t10-/m1/s1. The first kappa shape index (κ1) is 19.2. The number of ether oxygens (including phenoxy) is 1. The summed E-state index contributed by atoms with van der Waals surface area (Å²) in [4.78, 5) is 21.5. The van der Waals surface area contributed by atoms with Gasteiger partial charge in [-0.25, -0.2) is 4.79 Å². The van der Waals surface area contributed by atoms with Crippen molar-refractivity contribution in [3.8, 4) is 11.5 Å². The molecule has 0 aliphatic rings. The minimum atomic E-state index is -0.796. The first-order valence-corrected chi connectivity index (χ1v) is 8.15. The van der Waals surface area contributed by atoms with Gasteiger partial charge in [0.2, 0.25) is 11.8 Å². The highest BCUT2D eigenvalue weighted by Crippen LogP contribution is 2.35. The number of amides is 1. The first-order chi connectivity index (χ1) is 12.4. The Bertz CT molecular complexity index is 776. The molecule has 1 aromatic heterocycles. The van der Waals surface area contributed by atoms with Gasteiger partial charge in [0.05, 0.1) is 17.1 Å². The second kappa shape index (κ2) is 8.79. The fourth-order valence-corrected chi connectivity index (χ4v) is 2.47. The molecule has 0 spiro atoms. The van der Waals surface area contributed by atoms with Crippen LogP contribution in [0.15, 0.2) is 22.6 Å². The smallest absolute Gasteiger partial charge is 0.404 e. The highest BCUT2D eigenvalue weighted by Gasteiger charge is 2.22. The zero-order chi connectivity index (χ0) is 19.1. The van der Waals surface area contributed by atoms with Crippen LogP contribution in [-0.4, -0.2) is 33.9 Å². The van der Waals surface area contributed by atoms with E-state index in [1.807, 2.05) is 6.92 Å². The number of nitrogens with one attached hydrogen (secondary N) is 1. The van der Waals surface area contributed by atoms with Gasteiger partial charge in [-0.15, -0.1) is 10.2 Å². The molecule has 1 aromatic carbocycles. The number of carbonyl (C=O) groups is 1. The van der Waals surface area contributed by atoms with E-state index < -0.39 is 11.0 Å². The first-order valence-electron chi connectivity index (χ1n) is 8.15. The summed E-state index contributed by atoms with van der Waals surface area (Å²) in [5, 5.41) is 22.3. The van der Waals surface area contributed by atoms with Crippen molar-refractivity contribution in [3.63, 3.8) is 0 Å². The number of aromatic nitrogens is 2. The van der Waals surface area contributed by atoms with Gasteiger partial charge in [-0.05, 0) is 32.3 Å². The van der Waals surface area contributed by atoms with E-state index in [0.717, 1.165) is 12.8 Å². The van der Waals surface area contributed by atoms with Gasteiger partial charge in [0, 0.05) is 19.0 Å². The van der Waals surface area contributed by atoms with E-state index in [4.69, 9.17) is 10.2 Å². The fraction of sp³-hybridized carbons (Fsp3) is 0.438. The van der Waals surface area contributed by atoms with E-state index in [1.54, 1.807) is 19.1 Å². The molecule has 2 rings (SSSR count). The van der Waals surface area contributed by atoms with E-state index in [-0.39, 0.29) is 24.2 Å². The lowest BCUT2D eigenvalue weighted by Gasteiger charge is -2.17. The van der Waals surface area contributed by atoms with Gasteiger partial charge in [0.15, 0.2) is 0 Å². The monoisotopic (exact) mass is 363 g/mol. The molecule has 140 valence electrons. The van der Waals surface area contributed by atoms with Crippen LogP contribution in [0.3, 0.4) is 0 Å². The normalized spacial score (nSPS) is 11.8. The van der Waals surface area contributed by atoms with E-state index in [1.165, 1.54) is 6.07 Å². The van der Waals surface area contributed by atoms with Crippen molar-refractivity contribution in [2.75, 3.05) is 11.9 Å². The average Bonchev–Trinajstić information content (AvgIpc) is 3.00. The van der Waals surface area contributed by atoms with Crippen molar-refractivity contribution in [2.45, 2.75) is 39.2 Å². The molecular weight excluding hydrogens is 342 g/mol. The summed E-state index contributed by atoms with van der Waals surface area (Å²) in [6, 6.07) is 4.62. The molecule has 26 heavy (non-hydrogen) atoms. The zero-order valence-corrected chi connectivity index (χ0v) is 14.6.